The molecule has 0 atom stereocenters. The lowest BCUT2D eigenvalue weighted by molar-refractivity contribution is 0.631. The van der Waals surface area contributed by atoms with Crippen molar-refractivity contribution >= 4 is 5.69 Å². The number of benzene rings is 2. The molecule has 0 fully saturated rings. The Bertz CT molecular complexity index is 532. The quantitative estimate of drug-likeness (QED) is 0.721. The smallest absolute Gasteiger partial charge is 0.131 e. The second-order valence-corrected chi connectivity index (χ2v) is 3.99. The van der Waals surface area contributed by atoms with E-state index in [0.29, 0.717) is 11.3 Å². The van der Waals surface area contributed by atoms with Crippen LogP contribution in [0.5, 0.6) is 0 Å². The molecule has 0 saturated carbocycles. The first kappa shape index (κ1) is 10.7. The second-order valence-electron chi connectivity index (χ2n) is 3.99. The highest BCUT2D eigenvalue weighted by molar-refractivity contribution is 5.71. The highest BCUT2D eigenvalue weighted by Crippen LogP contribution is 2.29. The average Bonchev–Trinajstić information content (AvgIpc) is 2.26. The van der Waals surface area contributed by atoms with E-state index in [1.54, 1.807) is 12.1 Å². The van der Waals surface area contributed by atoms with Crippen molar-refractivity contribution < 1.29 is 4.39 Å². The Morgan fingerprint density at radius 2 is 1.75 bits per heavy atom. The van der Waals surface area contributed by atoms with Gasteiger partial charge in [-0.1, -0.05) is 18.2 Å². The largest absolute Gasteiger partial charge is 0.399 e. The van der Waals surface area contributed by atoms with E-state index in [4.69, 9.17) is 5.73 Å². The summed E-state index contributed by atoms with van der Waals surface area (Å²) in [5.41, 5.74) is 9.99. The first-order chi connectivity index (χ1) is 7.59. The molecule has 82 valence electrons. The number of hydrogen-bond acceptors (Lipinski definition) is 1. The van der Waals surface area contributed by atoms with E-state index in [2.05, 4.69) is 0 Å². The van der Waals surface area contributed by atoms with Crippen LogP contribution in [0.15, 0.2) is 36.4 Å². The molecule has 2 N–H and O–H groups in total. The minimum Gasteiger partial charge on any atom is -0.399 e. The molecule has 0 radical (unpaired) electrons. The lowest BCUT2D eigenvalue weighted by atomic mass is 9.96. The molecule has 0 heterocycles. The normalized spacial score (nSPS) is 10.4. The van der Waals surface area contributed by atoms with Gasteiger partial charge in [-0.3, -0.25) is 0 Å². The fourth-order valence-electron chi connectivity index (χ4n) is 1.79. The molecule has 0 unspecified atom stereocenters. The SMILES string of the molecule is Cc1cccc(-c2cc(N)ccc2F)c1C. The zero-order chi connectivity index (χ0) is 11.7. The molecule has 2 aromatic carbocycles. The summed E-state index contributed by atoms with van der Waals surface area (Å²) in [7, 11) is 0. The van der Waals surface area contributed by atoms with Crippen molar-refractivity contribution in [2.45, 2.75) is 13.8 Å². The van der Waals surface area contributed by atoms with Crippen LogP contribution in [0.4, 0.5) is 10.1 Å². The van der Waals surface area contributed by atoms with Crippen LogP contribution >= 0.6 is 0 Å². The van der Waals surface area contributed by atoms with Crippen LogP contribution in [0, 0.1) is 19.7 Å². The molecule has 2 heteroatoms. The van der Waals surface area contributed by atoms with Gasteiger partial charge in [-0.05, 0) is 48.7 Å². The minimum atomic E-state index is -0.233. The molecular weight excluding hydrogens is 201 g/mol. The average molecular weight is 215 g/mol. The topological polar surface area (TPSA) is 26.0 Å². The Labute approximate surface area is 94.7 Å². The van der Waals surface area contributed by atoms with E-state index in [-0.39, 0.29) is 5.82 Å². The molecule has 16 heavy (non-hydrogen) atoms. The Kier molecular flexibility index (Phi) is 2.65. The number of nitrogen functional groups attached to an aromatic ring is 1. The zero-order valence-corrected chi connectivity index (χ0v) is 9.42. The number of aryl methyl sites for hydroxylation is 1. The van der Waals surface area contributed by atoms with Gasteiger partial charge in [0, 0.05) is 11.3 Å². The van der Waals surface area contributed by atoms with Gasteiger partial charge in [0.25, 0.3) is 0 Å². The first-order valence-electron chi connectivity index (χ1n) is 5.21. The van der Waals surface area contributed by atoms with Crippen LogP contribution in [0.25, 0.3) is 11.1 Å². The highest BCUT2D eigenvalue weighted by atomic mass is 19.1. The standard InChI is InChI=1S/C14H14FN/c1-9-4-3-5-12(10(9)2)13-8-11(16)6-7-14(13)15/h3-8H,16H2,1-2H3. The number of nitrogens with two attached hydrogens (primary N) is 1. The monoisotopic (exact) mass is 215 g/mol. The molecule has 0 aliphatic rings. The minimum absolute atomic E-state index is 0.233. The van der Waals surface area contributed by atoms with Gasteiger partial charge in [-0.2, -0.15) is 0 Å². The van der Waals surface area contributed by atoms with Crippen molar-refractivity contribution in [3.63, 3.8) is 0 Å². The first-order valence-corrected chi connectivity index (χ1v) is 5.21. The molecule has 0 aliphatic carbocycles. The fraction of sp³-hybridized carbons (Fsp3) is 0.143. The summed E-state index contributed by atoms with van der Waals surface area (Å²) in [4.78, 5) is 0. The molecule has 0 aromatic heterocycles. The third kappa shape index (κ3) is 1.78. The van der Waals surface area contributed by atoms with E-state index in [9.17, 15) is 4.39 Å². The van der Waals surface area contributed by atoms with Crippen LogP contribution in [-0.2, 0) is 0 Å². The third-order valence-corrected chi connectivity index (χ3v) is 2.89. The van der Waals surface area contributed by atoms with Gasteiger partial charge in [0.05, 0.1) is 0 Å². The summed E-state index contributed by atoms with van der Waals surface area (Å²) in [6.45, 7) is 4.01. The van der Waals surface area contributed by atoms with Crippen LogP contribution in [0.3, 0.4) is 0 Å². The van der Waals surface area contributed by atoms with Gasteiger partial charge in [-0.25, -0.2) is 4.39 Å². The molecule has 2 aromatic rings. The van der Waals surface area contributed by atoms with Crippen molar-refractivity contribution in [3.8, 4) is 11.1 Å². The maximum absolute atomic E-state index is 13.7. The van der Waals surface area contributed by atoms with Gasteiger partial charge in [0.1, 0.15) is 5.82 Å². The second kappa shape index (κ2) is 3.97. The van der Waals surface area contributed by atoms with Gasteiger partial charge in [0.15, 0.2) is 0 Å². The number of halogens is 1. The lowest BCUT2D eigenvalue weighted by Crippen LogP contribution is -1.92. The molecule has 2 rings (SSSR count). The van der Waals surface area contributed by atoms with E-state index in [1.165, 1.54) is 6.07 Å². The number of hydrogen-bond donors (Lipinski definition) is 1. The van der Waals surface area contributed by atoms with Crippen LogP contribution in [0.1, 0.15) is 11.1 Å². The van der Waals surface area contributed by atoms with Gasteiger partial charge in [0.2, 0.25) is 0 Å². The Balaban J connectivity index is 2.67. The maximum Gasteiger partial charge on any atom is 0.131 e. The zero-order valence-electron chi connectivity index (χ0n) is 9.42. The third-order valence-electron chi connectivity index (χ3n) is 2.89. The van der Waals surface area contributed by atoms with Crippen molar-refractivity contribution in [1.82, 2.24) is 0 Å². The van der Waals surface area contributed by atoms with Crippen LogP contribution in [-0.4, -0.2) is 0 Å². The van der Waals surface area contributed by atoms with Crippen molar-refractivity contribution in [2.24, 2.45) is 0 Å². The van der Waals surface area contributed by atoms with E-state index < -0.39 is 0 Å². The highest BCUT2D eigenvalue weighted by Gasteiger charge is 2.08. The summed E-state index contributed by atoms with van der Waals surface area (Å²) in [5.74, 6) is -0.233. The van der Waals surface area contributed by atoms with Crippen molar-refractivity contribution in [3.05, 3.63) is 53.3 Å². The van der Waals surface area contributed by atoms with Gasteiger partial charge in [-0.15, -0.1) is 0 Å². The van der Waals surface area contributed by atoms with Gasteiger partial charge < -0.3 is 5.73 Å². The molecule has 1 nitrogen and oxygen atoms in total. The molecule has 0 amide bonds. The molecule has 0 spiro atoms. The summed E-state index contributed by atoms with van der Waals surface area (Å²) in [6, 6.07) is 10.5. The Hall–Kier alpha value is -1.83. The summed E-state index contributed by atoms with van der Waals surface area (Å²) in [6.07, 6.45) is 0. The molecular formula is C14H14FN. The summed E-state index contributed by atoms with van der Waals surface area (Å²) >= 11 is 0. The molecule has 0 bridgehead atoms. The van der Waals surface area contributed by atoms with Crippen molar-refractivity contribution in [1.29, 1.82) is 0 Å². The number of anilines is 1. The van der Waals surface area contributed by atoms with Gasteiger partial charge >= 0.3 is 0 Å². The summed E-state index contributed by atoms with van der Waals surface area (Å²) in [5, 5.41) is 0. The molecule has 0 aliphatic heterocycles. The fourth-order valence-corrected chi connectivity index (χ4v) is 1.79. The Morgan fingerprint density at radius 3 is 2.50 bits per heavy atom. The lowest BCUT2D eigenvalue weighted by Gasteiger charge is -2.10. The van der Waals surface area contributed by atoms with Crippen LogP contribution < -0.4 is 5.73 Å². The summed E-state index contributed by atoms with van der Waals surface area (Å²) < 4.78 is 13.7. The molecule has 0 saturated heterocycles. The Morgan fingerprint density at radius 1 is 1.00 bits per heavy atom. The predicted octanol–water partition coefficient (Wildman–Crippen LogP) is 3.69. The van der Waals surface area contributed by atoms with E-state index >= 15 is 0 Å². The van der Waals surface area contributed by atoms with Crippen LogP contribution in [0.2, 0.25) is 0 Å². The predicted molar refractivity (Wildman–Crippen MR) is 65.7 cm³/mol. The number of rotatable bonds is 1. The van der Waals surface area contributed by atoms with E-state index in [0.717, 1.165) is 16.7 Å². The maximum atomic E-state index is 13.7. The van der Waals surface area contributed by atoms with Crippen molar-refractivity contribution in [2.75, 3.05) is 5.73 Å². The van der Waals surface area contributed by atoms with E-state index in [1.807, 2.05) is 32.0 Å².